The second kappa shape index (κ2) is 6.34. The van der Waals surface area contributed by atoms with Crippen LogP contribution in [0.25, 0.3) is 37.6 Å². The van der Waals surface area contributed by atoms with E-state index in [0.29, 0.717) is 0 Å². The van der Waals surface area contributed by atoms with Crippen molar-refractivity contribution in [2.75, 3.05) is 0 Å². The highest BCUT2D eigenvalue weighted by Crippen LogP contribution is 2.49. The maximum absolute atomic E-state index is 7.50. The minimum Gasteiger partial charge on any atom is -0.311 e. The third-order valence-corrected chi connectivity index (χ3v) is 7.01. The van der Waals surface area contributed by atoms with Crippen molar-refractivity contribution < 1.29 is 4.57 Å². The van der Waals surface area contributed by atoms with Crippen LogP contribution in [0.1, 0.15) is 25.0 Å². The van der Waals surface area contributed by atoms with Gasteiger partial charge in [0.05, 0.1) is 17.4 Å². The lowest BCUT2D eigenvalue weighted by Gasteiger charge is -2.22. The molecule has 0 atom stereocenters. The van der Waals surface area contributed by atoms with Crippen LogP contribution in [0.5, 0.6) is 0 Å². The summed E-state index contributed by atoms with van der Waals surface area (Å²) >= 11 is 1.87. The minimum absolute atomic E-state index is 0.382. The fourth-order valence-corrected chi connectivity index (χ4v) is 5.84. The van der Waals surface area contributed by atoms with Crippen LogP contribution >= 0.6 is 11.8 Å². The largest absolute Gasteiger partial charge is 0.311 e. The number of nitrogens with zero attached hydrogens (tertiary/aromatic N) is 2. The summed E-state index contributed by atoms with van der Waals surface area (Å²) in [7, 11) is 2.14. The quantitative estimate of drug-likeness (QED) is 0.245. The number of hydrogen-bond donors (Lipinski definition) is 0. The standard InChI is InChI=1S/C26H23N2S/c1-16-20-9-7-6-8-18(20)14-22-23(16)25-24-19(10-11-28(25)5)12-17(13-21(24)29-22)15-26(2,3)27-4/h6-14H,15H2,1-3,5H3/q+1. The Morgan fingerprint density at radius 2 is 1.83 bits per heavy atom. The van der Waals surface area contributed by atoms with Crippen molar-refractivity contribution in [3.63, 3.8) is 0 Å². The molecule has 2 nitrogen and oxygen atoms in total. The molecule has 0 unspecified atom stereocenters. The number of aromatic nitrogens is 1. The van der Waals surface area contributed by atoms with Gasteiger partial charge in [-0.15, -0.1) is 0 Å². The molecule has 5 rings (SSSR count). The molecule has 0 saturated heterocycles. The molecule has 3 aromatic carbocycles. The zero-order valence-corrected chi connectivity index (χ0v) is 18.0. The average Bonchev–Trinajstić information content (AvgIpc) is 2.69. The number of benzene rings is 3. The van der Waals surface area contributed by atoms with Crippen LogP contribution < -0.4 is 4.57 Å². The minimum atomic E-state index is -0.382. The Hall–Kier alpha value is -2.83. The lowest BCUT2D eigenvalue weighted by Crippen LogP contribution is -2.31. The lowest BCUT2D eigenvalue weighted by atomic mass is 9.91. The van der Waals surface area contributed by atoms with Crippen LogP contribution in [-0.4, -0.2) is 5.54 Å². The second-order valence-corrected chi connectivity index (χ2v) is 9.72. The SMILES string of the molecule is [C-]#[N+]C(C)(C)Cc1cc2c3c([n+](C)ccc3c1)-c1c(cc3ccccc3c1C)S2. The molecule has 0 radical (unpaired) electrons. The summed E-state index contributed by atoms with van der Waals surface area (Å²) < 4.78 is 2.26. The van der Waals surface area contributed by atoms with Crippen molar-refractivity contribution >= 4 is 33.3 Å². The number of aryl methyl sites for hydroxylation is 2. The molecule has 142 valence electrons. The Balaban J connectivity index is 1.83. The number of pyridine rings is 1. The molecule has 0 bridgehead atoms. The predicted octanol–water partition coefficient (Wildman–Crippen LogP) is 6.50. The Kier molecular flexibility index (Phi) is 3.98. The first-order valence-electron chi connectivity index (χ1n) is 9.92. The van der Waals surface area contributed by atoms with Crippen LogP contribution in [0.15, 0.2) is 64.5 Å². The molecule has 1 aliphatic rings. The predicted molar refractivity (Wildman–Crippen MR) is 121 cm³/mol. The highest BCUT2D eigenvalue weighted by Gasteiger charge is 2.30. The molecular weight excluding hydrogens is 372 g/mol. The van der Waals surface area contributed by atoms with Crippen molar-refractivity contribution in [3.8, 4) is 11.3 Å². The molecule has 1 aliphatic heterocycles. The Morgan fingerprint density at radius 3 is 2.62 bits per heavy atom. The van der Waals surface area contributed by atoms with Gasteiger partial charge in [0.15, 0.2) is 6.20 Å². The van der Waals surface area contributed by atoms with Gasteiger partial charge in [0.1, 0.15) is 7.05 Å². The van der Waals surface area contributed by atoms with Gasteiger partial charge < -0.3 is 4.85 Å². The van der Waals surface area contributed by atoms with Crippen molar-refractivity contribution in [3.05, 3.63) is 77.3 Å². The number of fused-ring (bicyclic) bond motifs is 3. The van der Waals surface area contributed by atoms with E-state index in [2.05, 4.69) is 78.1 Å². The summed E-state index contributed by atoms with van der Waals surface area (Å²) in [5.41, 5.74) is 4.85. The zero-order chi connectivity index (χ0) is 20.3. The highest BCUT2D eigenvalue weighted by atomic mass is 32.2. The third-order valence-electron chi connectivity index (χ3n) is 5.93. The number of rotatable bonds is 2. The van der Waals surface area contributed by atoms with Crippen molar-refractivity contribution in [1.82, 2.24) is 0 Å². The molecule has 3 heteroatoms. The van der Waals surface area contributed by atoms with Crippen LogP contribution in [-0.2, 0) is 13.5 Å². The van der Waals surface area contributed by atoms with Crippen molar-refractivity contribution in [2.24, 2.45) is 7.05 Å². The molecule has 0 fully saturated rings. The van der Waals surface area contributed by atoms with E-state index in [1.165, 1.54) is 53.7 Å². The normalized spacial score (nSPS) is 12.8. The first kappa shape index (κ1) is 18.2. The maximum atomic E-state index is 7.50. The van der Waals surface area contributed by atoms with Crippen LogP contribution in [0.3, 0.4) is 0 Å². The summed E-state index contributed by atoms with van der Waals surface area (Å²) in [6.45, 7) is 13.8. The molecule has 4 aromatic rings. The Labute approximate surface area is 176 Å². The fourth-order valence-electron chi connectivity index (χ4n) is 4.54. The smallest absolute Gasteiger partial charge is 0.231 e. The van der Waals surface area contributed by atoms with Crippen molar-refractivity contribution in [1.29, 1.82) is 0 Å². The van der Waals surface area contributed by atoms with E-state index >= 15 is 0 Å². The molecule has 2 heterocycles. The van der Waals surface area contributed by atoms with Crippen molar-refractivity contribution in [2.45, 2.75) is 42.5 Å². The maximum Gasteiger partial charge on any atom is 0.231 e. The van der Waals surface area contributed by atoms with Gasteiger partial charge in [0.2, 0.25) is 11.2 Å². The molecule has 0 N–H and O–H groups in total. The van der Waals surface area contributed by atoms with E-state index in [0.717, 1.165) is 6.42 Å². The van der Waals surface area contributed by atoms with E-state index in [-0.39, 0.29) is 5.54 Å². The fraction of sp³-hybridized carbons (Fsp3) is 0.231. The molecule has 0 saturated carbocycles. The summed E-state index contributed by atoms with van der Waals surface area (Å²) in [6, 6.07) is 17.8. The topological polar surface area (TPSA) is 8.24 Å². The van der Waals surface area contributed by atoms with E-state index in [1.807, 2.05) is 25.6 Å². The summed E-state index contributed by atoms with van der Waals surface area (Å²) in [5, 5.41) is 5.20. The molecular formula is C26H23N2S+. The first-order valence-corrected chi connectivity index (χ1v) is 10.7. The van der Waals surface area contributed by atoms with Gasteiger partial charge in [-0.1, -0.05) is 42.1 Å². The van der Waals surface area contributed by atoms with Crippen LogP contribution in [0.2, 0.25) is 0 Å². The van der Waals surface area contributed by atoms with Gasteiger partial charge in [-0.25, -0.2) is 11.1 Å². The molecule has 29 heavy (non-hydrogen) atoms. The van der Waals surface area contributed by atoms with Gasteiger partial charge in [0, 0.05) is 29.7 Å². The Morgan fingerprint density at radius 1 is 1.03 bits per heavy atom. The molecule has 0 aliphatic carbocycles. The first-order chi connectivity index (χ1) is 13.9. The van der Waals surface area contributed by atoms with E-state index in [4.69, 9.17) is 6.57 Å². The van der Waals surface area contributed by atoms with Gasteiger partial charge in [-0.3, -0.25) is 0 Å². The van der Waals surface area contributed by atoms with E-state index in [9.17, 15) is 0 Å². The van der Waals surface area contributed by atoms with E-state index < -0.39 is 0 Å². The second-order valence-electron chi connectivity index (χ2n) is 8.63. The zero-order valence-electron chi connectivity index (χ0n) is 17.2. The Bertz CT molecular complexity index is 1360. The van der Waals surface area contributed by atoms with Crippen LogP contribution in [0.4, 0.5) is 0 Å². The van der Waals surface area contributed by atoms with Gasteiger partial charge in [-0.05, 0) is 46.3 Å². The summed E-state index contributed by atoms with van der Waals surface area (Å²) in [6.07, 6.45) is 2.93. The summed E-state index contributed by atoms with van der Waals surface area (Å²) in [4.78, 5) is 6.43. The van der Waals surface area contributed by atoms with Gasteiger partial charge >= 0.3 is 0 Å². The molecule has 0 amide bonds. The van der Waals surface area contributed by atoms with Gasteiger partial charge in [0.25, 0.3) is 0 Å². The third kappa shape index (κ3) is 2.82. The average molecular weight is 396 g/mol. The molecule has 0 spiro atoms. The number of hydrogen-bond acceptors (Lipinski definition) is 1. The lowest BCUT2D eigenvalue weighted by molar-refractivity contribution is -0.659. The van der Waals surface area contributed by atoms with Gasteiger partial charge in [-0.2, -0.15) is 0 Å². The van der Waals surface area contributed by atoms with E-state index in [1.54, 1.807) is 0 Å². The highest BCUT2D eigenvalue weighted by molar-refractivity contribution is 7.99. The molecule has 1 aromatic heterocycles. The van der Waals surface area contributed by atoms with Crippen LogP contribution in [0, 0.1) is 13.5 Å². The summed E-state index contributed by atoms with van der Waals surface area (Å²) in [5.74, 6) is 0. The monoisotopic (exact) mass is 395 g/mol.